The second-order valence-corrected chi connectivity index (χ2v) is 5.34. The molecule has 2 aliphatic carbocycles. The first-order chi connectivity index (χ1) is 8.31. The van der Waals surface area contributed by atoms with E-state index in [9.17, 15) is 4.79 Å². The minimum absolute atomic E-state index is 0.173. The summed E-state index contributed by atoms with van der Waals surface area (Å²) in [5.41, 5.74) is 1.51. The van der Waals surface area contributed by atoms with Crippen molar-refractivity contribution in [2.75, 3.05) is 7.11 Å². The minimum atomic E-state index is 0.173. The molecule has 2 atom stereocenters. The Bertz CT molecular complexity index is 419. The number of rotatable bonds is 4. The lowest BCUT2D eigenvalue weighted by atomic mass is 9.69. The topological polar surface area (TPSA) is 26.3 Å². The number of benzene rings is 1. The van der Waals surface area contributed by atoms with E-state index in [0.717, 1.165) is 24.4 Å². The van der Waals surface area contributed by atoms with Crippen LogP contribution in [0.1, 0.15) is 31.2 Å². The van der Waals surface area contributed by atoms with Crippen molar-refractivity contribution in [2.45, 2.75) is 31.1 Å². The summed E-state index contributed by atoms with van der Waals surface area (Å²) in [5, 5.41) is 0. The van der Waals surface area contributed by atoms with Crippen LogP contribution in [0.5, 0.6) is 5.75 Å². The maximum atomic E-state index is 11.1. The molecule has 2 aliphatic rings. The van der Waals surface area contributed by atoms with E-state index >= 15 is 0 Å². The van der Waals surface area contributed by atoms with Gasteiger partial charge in [-0.05, 0) is 42.9 Å². The highest BCUT2D eigenvalue weighted by molar-refractivity contribution is 5.65. The lowest BCUT2D eigenvalue weighted by molar-refractivity contribution is -0.109. The SMILES string of the molecule is COc1ccc(C2(C3CCC3)CC2C=O)cc1. The van der Waals surface area contributed by atoms with Crippen LogP contribution in [0.3, 0.4) is 0 Å². The van der Waals surface area contributed by atoms with Crippen molar-refractivity contribution in [1.29, 1.82) is 0 Å². The van der Waals surface area contributed by atoms with Gasteiger partial charge in [-0.25, -0.2) is 0 Å². The number of hydrogen-bond acceptors (Lipinski definition) is 2. The Balaban J connectivity index is 1.91. The first-order valence-corrected chi connectivity index (χ1v) is 6.41. The van der Waals surface area contributed by atoms with Crippen LogP contribution >= 0.6 is 0 Å². The summed E-state index contributed by atoms with van der Waals surface area (Å²) in [6, 6.07) is 8.30. The van der Waals surface area contributed by atoms with Gasteiger partial charge in [-0.15, -0.1) is 0 Å². The first-order valence-electron chi connectivity index (χ1n) is 6.41. The smallest absolute Gasteiger partial charge is 0.124 e. The Morgan fingerprint density at radius 1 is 1.29 bits per heavy atom. The fourth-order valence-electron chi connectivity index (χ4n) is 3.34. The van der Waals surface area contributed by atoms with Gasteiger partial charge in [0.05, 0.1) is 7.11 Å². The van der Waals surface area contributed by atoms with Crippen LogP contribution in [0.25, 0.3) is 0 Å². The molecular formula is C15H18O2. The highest BCUT2D eigenvalue weighted by Gasteiger charge is 2.60. The maximum absolute atomic E-state index is 11.1. The molecule has 2 heteroatoms. The molecule has 90 valence electrons. The molecule has 17 heavy (non-hydrogen) atoms. The molecule has 2 fully saturated rings. The van der Waals surface area contributed by atoms with Crippen LogP contribution in [0.4, 0.5) is 0 Å². The number of carbonyl (C=O) groups is 1. The summed E-state index contributed by atoms with van der Waals surface area (Å²) in [6.45, 7) is 0. The standard InChI is InChI=1S/C15H18O2/c1-17-14-7-5-12(6-8-14)15(9-13(15)10-16)11-3-2-4-11/h5-8,10-11,13H,2-4,9H2,1H3. The second kappa shape index (κ2) is 3.86. The van der Waals surface area contributed by atoms with Gasteiger partial charge in [0.15, 0.2) is 0 Å². The van der Waals surface area contributed by atoms with E-state index < -0.39 is 0 Å². The van der Waals surface area contributed by atoms with Gasteiger partial charge < -0.3 is 9.53 Å². The Morgan fingerprint density at radius 2 is 2.00 bits per heavy atom. The van der Waals surface area contributed by atoms with Crippen LogP contribution in [0, 0.1) is 11.8 Å². The van der Waals surface area contributed by atoms with Gasteiger partial charge in [-0.1, -0.05) is 18.6 Å². The molecular weight excluding hydrogens is 212 g/mol. The van der Waals surface area contributed by atoms with Gasteiger partial charge in [0.1, 0.15) is 12.0 Å². The molecule has 1 aromatic rings. The number of aldehydes is 1. The third kappa shape index (κ3) is 1.50. The molecule has 2 nitrogen and oxygen atoms in total. The quantitative estimate of drug-likeness (QED) is 0.743. The largest absolute Gasteiger partial charge is 0.497 e. The van der Waals surface area contributed by atoms with Crippen molar-refractivity contribution in [3.63, 3.8) is 0 Å². The molecule has 0 N–H and O–H groups in total. The van der Waals surface area contributed by atoms with E-state index in [1.54, 1.807) is 7.11 Å². The van der Waals surface area contributed by atoms with Gasteiger partial charge in [0, 0.05) is 11.3 Å². The monoisotopic (exact) mass is 230 g/mol. The summed E-state index contributed by atoms with van der Waals surface area (Å²) in [5.74, 6) is 1.87. The summed E-state index contributed by atoms with van der Waals surface area (Å²) in [6.07, 6.45) is 6.11. The summed E-state index contributed by atoms with van der Waals surface area (Å²) in [7, 11) is 1.68. The molecule has 2 saturated carbocycles. The molecule has 0 bridgehead atoms. The zero-order chi connectivity index (χ0) is 11.9. The molecule has 0 spiro atoms. The van der Waals surface area contributed by atoms with E-state index in [4.69, 9.17) is 4.74 Å². The molecule has 0 amide bonds. The van der Waals surface area contributed by atoms with Gasteiger partial charge in [-0.2, -0.15) is 0 Å². The fourth-order valence-corrected chi connectivity index (χ4v) is 3.34. The van der Waals surface area contributed by atoms with E-state index in [1.165, 1.54) is 24.8 Å². The lowest BCUT2D eigenvalue weighted by Crippen LogP contribution is -2.29. The first kappa shape index (κ1) is 10.8. The van der Waals surface area contributed by atoms with Crippen LogP contribution < -0.4 is 4.74 Å². The van der Waals surface area contributed by atoms with Crippen molar-refractivity contribution >= 4 is 6.29 Å². The minimum Gasteiger partial charge on any atom is -0.497 e. The van der Waals surface area contributed by atoms with Crippen molar-refractivity contribution in [3.8, 4) is 5.75 Å². The Morgan fingerprint density at radius 3 is 2.41 bits per heavy atom. The normalized spacial score (nSPS) is 31.7. The number of hydrogen-bond donors (Lipinski definition) is 0. The van der Waals surface area contributed by atoms with E-state index in [-0.39, 0.29) is 11.3 Å². The highest BCUT2D eigenvalue weighted by Crippen LogP contribution is 2.63. The third-order valence-corrected chi connectivity index (χ3v) is 4.68. The van der Waals surface area contributed by atoms with Crippen LogP contribution in [0.15, 0.2) is 24.3 Å². The average molecular weight is 230 g/mol. The Hall–Kier alpha value is -1.31. The van der Waals surface area contributed by atoms with E-state index in [0.29, 0.717) is 0 Å². The summed E-state index contributed by atoms with van der Waals surface area (Å²) in [4.78, 5) is 11.1. The average Bonchev–Trinajstić information content (AvgIpc) is 3.02. The molecule has 1 aromatic carbocycles. The maximum Gasteiger partial charge on any atom is 0.124 e. The molecule has 2 unspecified atom stereocenters. The van der Waals surface area contributed by atoms with Gasteiger partial charge in [-0.3, -0.25) is 0 Å². The third-order valence-electron chi connectivity index (χ3n) is 4.68. The second-order valence-electron chi connectivity index (χ2n) is 5.34. The summed E-state index contributed by atoms with van der Waals surface area (Å²) < 4.78 is 5.19. The van der Waals surface area contributed by atoms with Crippen molar-refractivity contribution < 1.29 is 9.53 Å². The van der Waals surface area contributed by atoms with Gasteiger partial charge in [0.25, 0.3) is 0 Å². The number of ether oxygens (including phenoxy) is 1. The van der Waals surface area contributed by atoms with Crippen LogP contribution in [-0.2, 0) is 10.2 Å². The van der Waals surface area contributed by atoms with Gasteiger partial charge >= 0.3 is 0 Å². The zero-order valence-electron chi connectivity index (χ0n) is 10.2. The molecule has 0 heterocycles. The van der Waals surface area contributed by atoms with E-state index in [2.05, 4.69) is 12.1 Å². The molecule has 3 rings (SSSR count). The zero-order valence-corrected chi connectivity index (χ0v) is 10.2. The van der Waals surface area contributed by atoms with Gasteiger partial charge in [0.2, 0.25) is 0 Å². The molecule has 0 aliphatic heterocycles. The Kier molecular flexibility index (Phi) is 2.46. The number of methoxy groups -OCH3 is 1. The van der Waals surface area contributed by atoms with Crippen molar-refractivity contribution in [3.05, 3.63) is 29.8 Å². The molecule has 0 aromatic heterocycles. The van der Waals surface area contributed by atoms with Crippen molar-refractivity contribution in [2.24, 2.45) is 11.8 Å². The molecule has 0 saturated heterocycles. The lowest BCUT2D eigenvalue weighted by Gasteiger charge is -2.35. The van der Waals surface area contributed by atoms with E-state index in [1.807, 2.05) is 12.1 Å². The predicted molar refractivity (Wildman–Crippen MR) is 66.2 cm³/mol. The molecule has 0 radical (unpaired) electrons. The highest BCUT2D eigenvalue weighted by atomic mass is 16.5. The van der Waals surface area contributed by atoms with Crippen molar-refractivity contribution in [1.82, 2.24) is 0 Å². The summed E-state index contributed by atoms with van der Waals surface area (Å²) >= 11 is 0. The number of carbonyl (C=O) groups excluding carboxylic acids is 1. The van der Waals surface area contributed by atoms with Crippen LogP contribution in [-0.4, -0.2) is 13.4 Å². The Labute approximate surface area is 102 Å². The fraction of sp³-hybridized carbons (Fsp3) is 0.533. The predicted octanol–water partition coefficient (Wildman–Crippen LogP) is 2.95. The van der Waals surface area contributed by atoms with Crippen LogP contribution in [0.2, 0.25) is 0 Å².